The molecule has 0 amide bonds. The van der Waals surface area contributed by atoms with Crippen molar-refractivity contribution in [2.24, 2.45) is 7.05 Å². The van der Waals surface area contributed by atoms with Crippen molar-refractivity contribution in [2.45, 2.75) is 6.82 Å². The number of hydrogen-bond acceptors (Lipinski definition) is 2. The van der Waals surface area contributed by atoms with Gasteiger partial charge in [0.25, 0.3) is 7.41 Å². The minimum absolute atomic E-state index is 0.354. The summed E-state index contributed by atoms with van der Waals surface area (Å²) in [6.07, 6.45) is 0. The van der Waals surface area contributed by atoms with Crippen LogP contribution in [0.3, 0.4) is 0 Å². The molecule has 10 heavy (non-hydrogen) atoms. The van der Waals surface area contributed by atoms with E-state index in [1.807, 2.05) is 0 Å². The Balaban J connectivity index is 3.49. The molecule has 0 unspecified atom stereocenters. The molecule has 1 aromatic heterocycles. The number of nitrogens with zero attached hydrogens (tertiary/aromatic N) is 2. The summed E-state index contributed by atoms with van der Waals surface area (Å²) < 4.78 is 2.13. The molecule has 0 aromatic carbocycles. The van der Waals surface area contributed by atoms with Crippen LogP contribution in [0, 0.1) is 0 Å². The molecule has 0 saturated heterocycles. The molecule has 1 aromatic rings. The van der Waals surface area contributed by atoms with Gasteiger partial charge in [0.1, 0.15) is 0 Å². The summed E-state index contributed by atoms with van der Waals surface area (Å²) in [7, 11) is 2.91. The Morgan fingerprint density at radius 3 is 2.30 bits per heavy atom. The van der Waals surface area contributed by atoms with Gasteiger partial charge in [-0.05, 0) is 0 Å². The molecule has 0 saturated carbocycles. The van der Waals surface area contributed by atoms with Gasteiger partial charge in [-0.25, -0.2) is 19.4 Å². The Bertz CT molecular complexity index is 333. The molecule has 1 rings (SSSR count). The summed E-state index contributed by atoms with van der Waals surface area (Å²) in [4.78, 5) is 21.6. The van der Waals surface area contributed by atoms with E-state index in [2.05, 4.69) is 5.10 Å². The fourth-order valence-corrected chi connectivity index (χ4v) is 0.721. The zero-order chi connectivity index (χ0) is 7.72. The van der Waals surface area contributed by atoms with E-state index >= 15 is 0 Å². The Morgan fingerprint density at radius 2 is 2.10 bits per heavy atom. The minimum atomic E-state index is -0.407. The predicted molar refractivity (Wildman–Crippen MR) is 37.3 cm³/mol. The summed E-state index contributed by atoms with van der Waals surface area (Å²) in [5.74, 6) is 0. The molecule has 1 N–H and O–H groups in total. The molecule has 53 valence electrons. The van der Waals surface area contributed by atoms with E-state index in [-0.39, 0.29) is 5.69 Å². The Hall–Kier alpha value is -1.20. The SMILES string of the molecule is C[B]n1c(=O)[nH]n(C)c1=O. The molecular weight excluding hydrogens is 133 g/mol. The van der Waals surface area contributed by atoms with E-state index in [0.29, 0.717) is 0 Å². The highest BCUT2D eigenvalue weighted by atomic mass is 16.2. The van der Waals surface area contributed by atoms with Crippen molar-refractivity contribution in [3.63, 3.8) is 0 Å². The monoisotopic (exact) mass is 140 g/mol. The number of aromatic amines is 1. The van der Waals surface area contributed by atoms with Gasteiger partial charge in [0, 0.05) is 7.05 Å². The van der Waals surface area contributed by atoms with E-state index in [4.69, 9.17) is 0 Å². The number of nitrogens with one attached hydrogen (secondary N) is 1. The largest absolute Gasteiger partial charge is 0.333 e. The van der Waals surface area contributed by atoms with Gasteiger partial charge in [-0.1, -0.05) is 6.82 Å². The first-order valence-corrected chi connectivity index (χ1v) is 2.84. The second-order valence-corrected chi connectivity index (χ2v) is 1.89. The van der Waals surface area contributed by atoms with Crippen molar-refractivity contribution in [3.05, 3.63) is 21.0 Å². The van der Waals surface area contributed by atoms with E-state index < -0.39 is 5.69 Å². The lowest BCUT2D eigenvalue weighted by Crippen LogP contribution is -2.30. The normalized spacial score (nSPS) is 9.80. The lowest BCUT2D eigenvalue weighted by atomic mass is 10.0. The summed E-state index contributed by atoms with van der Waals surface area (Å²) >= 11 is 0. The first kappa shape index (κ1) is 6.92. The standard InChI is InChI=1S/C4H7BN3O2/c1-5-8-3(9)6-7(2)4(8)10/h1-2H3,(H,6,9). The average molecular weight is 140 g/mol. The topological polar surface area (TPSA) is 59.8 Å². The molecule has 5 nitrogen and oxygen atoms in total. The van der Waals surface area contributed by atoms with E-state index in [1.54, 1.807) is 6.82 Å². The number of aryl methyl sites for hydroxylation is 1. The molecular formula is C4H7BN3O2. The summed E-state index contributed by atoms with van der Waals surface area (Å²) in [5.41, 5.74) is -0.762. The lowest BCUT2D eigenvalue weighted by Gasteiger charge is -1.84. The zero-order valence-corrected chi connectivity index (χ0v) is 5.79. The molecule has 0 bridgehead atoms. The minimum Gasteiger partial charge on any atom is -0.296 e. The van der Waals surface area contributed by atoms with Crippen molar-refractivity contribution < 1.29 is 0 Å². The second-order valence-electron chi connectivity index (χ2n) is 1.89. The second kappa shape index (κ2) is 2.20. The highest BCUT2D eigenvalue weighted by Gasteiger charge is 2.02. The number of rotatable bonds is 1. The van der Waals surface area contributed by atoms with Gasteiger partial charge in [-0.3, -0.25) is 4.48 Å². The number of hydrogen-bond donors (Lipinski definition) is 1. The molecule has 1 radical (unpaired) electrons. The Kier molecular flexibility index (Phi) is 1.53. The van der Waals surface area contributed by atoms with Crippen LogP contribution in [0.15, 0.2) is 9.59 Å². The van der Waals surface area contributed by atoms with Crippen molar-refractivity contribution in [1.29, 1.82) is 0 Å². The van der Waals surface area contributed by atoms with Crippen LogP contribution in [0.25, 0.3) is 0 Å². The lowest BCUT2D eigenvalue weighted by molar-refractivity contribution is 0.725. The molecule has 0 atom stereocenters. The van der Waals surface area contributed by atoms with Crippen LogP contribution >= 0.6 is 0 Å². The Morgan fingerprint density at radius 1 is 1.50 bits per heavy atom. The van der Waals surface area contributed by atoms with Crippen molar-refractivity contribution in [3.8, 4) is 0 Å². The molecule has 1 heterocycles. The van der Waals surface area contributed by atoms with Gasteiger partial charge >= 0.3 is 11.4 Å². The van der Waals surface area contributed by atoms with Crippen LogP contribution < -0.4 is 11.4 Å². The molecule has 6 heteroatoms. The summed E-state index contributed by atoms with van der Waals surface area (Å²) in [6, 6.07) is 0. The van der Waals surface area contributed by atoms with Gasteiger partial charge in [0.05, 0.1) is 0 Å². The van der Waals surface area contributed by atoms with Gasteiger partial charge < -0.3 is 0 Å². The first-order chi connectivity index (χ1) is 4.66. The predicted octanol–water partition coefficient (Wildman–Crippen LogP) is -1.61. The third-order valence-electron chi connectivity index (χ3n) is 1.23. The molecule has 0 aliphatic heterocycles. The van der Waals surface area contributed by atoms with Gasteiger partial charge in [-0.2, -0.15) is 0 Å². The van der Waals surface area contributed by atoms with E-state index in [1.165, 1.54) is 14.5 Å². The van der Waals surface area contributed by atoms with E-state index in [0.717, 1.165) is 9.16 Å². The molecule has 0 spiro atoms. The van der Waals surface area contributed by atoms with E-state index in [9.17, 15) is 9.59 Å². The smallest absolute Gasteiger partial charge is 0.296 e. The molecule has 0 aliphatic carbocycles. The van der Waals surface area contributed by atoms with Crippen LogP contribution in [-0.2, 0) is 7.05 Å². The highest BCUT2D eigenvalue weighted by molar-refractivity contribution is 6.31. The van der Waals surface area contributed by atoms with Gasteiger partial charge in [0.2, 0.25) is 0 Å². The summed E-state index contributed by atoms with van der Waals surface area (Å²) in [5, 5.41) is 2.31. The molecule has 0 aliphatic rings. The fraction of sp³-hybridized carbons (Fsp3) is 0.500. The third kappa shape index (κ3) is 0.812. The van der Waals surface area contributed by atoms with Crippen LogP contribution in [0.4, 0.5) is 0 Å². The number of H-pyrrole nitrogens is 1. The first-order valence-electron chi connectivity index (χ1n) is 2.84. The van der Waals surface area contributed by atoms with Gasteiger partial charge in [0.15, 0.2) is 0 Å². The zero-order valence-electron chi connectivity index (χ0n) is 5.79. The average Bonchev–Trinajstić information content (AvgIpc) is 2.09. The quantitative estimate of drug-likeness (QED) is 0.477. The van der Waals surface area contributed by atoms with Crippen molar-refractivity contribution in [2.75, 3.05) is 0 Å². The van der Waals surface area contributed by atoms with Crippen molar-refractivity contribution in [1.82, 2.24) is 14.3 Å². The van der Waals surface area contributed by atoms with Crippen LogP contribution in [-0.4, -0.2) is 21.7 Å². The van der Waals surface area contributed by atoms with Crippen LogP contribution in [0.2, 0.25) is 6.82 Å². The van der Waals surface area contributed by atoms with Crippen LogP contribution in [0.5, 0.6) is 0 Å². The summed E-state index contributed by atoms with van der Waals surface area (Å²) in [6.45, 7) is 1.62. The maximum absolute atomic E-state index is 10.9. The fourth-order valence-electron chi connectivity index (χ4n) is 0.721. The maximum atomic E-state index is 10.9. The van der Waals surface area contributed by atoms with Crippen LogP contribution in [0.1, 0.15) is 0 Å². The third-order valence-corrected chi connectivity index (χ3v) is 1.23. The highest BCUT2D eigenvalue weighted by Crippen LogP contribution is 1.60. The maximum Gasteiger partial charge on any atom is 0.333 e. The van der Waals surface area contributed by atoms with Crippen molar-refractivity contribution >= 4 is 7.41 Å². The molecule has 0 fully saturated rings. The van der Waals surface area contributed by atoms with Gasteiger partial charge in [-0.15, -0.1) is 0 Å². The number of aromatic nitrogens is 3. The Labute approximate surface area is 57.5 Å².